The van der Waals surface area contributed by atoms with Crippen LogP contribution in [0.25, 0.3) is 83.9 Å². The molecule has 0 spiro atoms. The first-order valence-electron chi connectivity index (χ1n) is 27.4. The third-order valence-corrected chi connectivity index (χ3v) is 13.6. The highest BCUT2D eigenvalue weighted by molar-refractivity contribution is 5.98. The summed E-state index contributed by atoms with van der Waals surface area (Å²) in [5.41, 5.74) is 13.9. The lowest BCUT2D eigenvalue weighted by atomic mass is 9.79. The quantitative estimate of drug-likeness (QED) is 0.149. The van der Waals surface area contributed by atoms with E-state index in [1.807, 2.05) is 143 Å². The van der Waals surface area contributed by atoms with Gasteiger partial charge in [-0.2, -0.15) is 0 Å². The molecule has 9 rings (SSSR count). The highest BCUT2D eigenvalue weighted by atomic mass is 16.3. The fourth-order valence-electron chi connectivity index (χ4n) is 9.64. The van der Waals surface area contributed by atoms with Crippen molar-refractivity contribution in [3.05, 3.63) is 191 Å². The first-order chi connectivity index (χ1) is 35.4. The van der Waals surface area contributed by atoms with Gasteiger partial charge >= 0.3 is 0 Å². The molecule has 0 fully saturated rings. The molecular formula is C66H69N3O. The number of phenolic OH excluding ortho intramolecular Hbond substituents is 1. The van der Waals surface area contributed by atoms with E-state index in [9.17, 15) is 12.0 Å². The lowest BCUT2D eigenvalue weighted by Gasteiger charge is -2.27. The van der Waals surface area contributed by atoms with E-state index in [2.05, 4.69) is 96.1 Å². The number of hydrogen-bond acceptors (Lipinski definition) is 3. The average molecular weight is 926 g/mol. The summed E-state index contributed by atoms with van der Waals surface area (Å²) < 4.78 is 56.6. The Labute approximate surface area is 425 Å². The Balaban J connectivity index is 1.35. The van der Waals surface area contributed by atoms with E-state index in [1.54, 1.807) is 6.07 Å². The zero-order valence-electron chi connectivity index (χ0n) is 48.8. The predicted octanol–water partition coefficient (Wildman–Crippen LogP) is 18.4. The molecule has 0 aliphatic rings. The van der Waals surface area contributed by atoms with Gasteiger partial charge in [0.25, 0.3) is 0 Å². The summed E-state index contributed by atoms with van der Waals surface area (Å²) in [4.78, 5) is 10.5. The predicted molar refractivity (Wildman–Crippen MR) is 298 cm³/mol. The van der Waals surface area contributed by atoms with E-state index >= 15 is 0 Å². The summed E-state index contributed by atoms with van der Waals surface area (Å²) in [5, 5.41) is 12.6. The highest BCUT2D eigenvalue weighted by Crippen LogP contribution is 2.46. The largest absolute Gasteiger partial charge is 0.507 e. The Bertz CT molecular complexity index is 3620. The number of hydrogen-bond donors (Lipinski definition) is 1. The van der Waals surface area contributed by atoms with Crippen LogP contribution in [0.5, 0.6) is 5.75 Å². The van der Waals surface area contributed by atoms with Crippen LogP contribution in [-0.4, -0.2) is 19.6 Å². The molecule has 70 heavy (non-hydrogen) atoms. The second-order valence-corrected chi connectivity index (χ2v) is 21.5. The second kappa shape index (κ2) is 18.7. The van der Waals surface area contributed by atoms with Gasteiger partial charge in [0.05, 0.1) is 28.0 Å². The minimum atomic E-state index is -2.65. The SMILES string of the molecule is [2H]C([2H])([2H])c1cc(-c2c(C([2H])(C)C)cccc2C([2H])(C)C)ccc1-n1c(-c2cc(C(C)(C)C)cc(C(C)(C)C)c2O)nc2c(-c3cc(-c4ccccc4)cc(-c4cc(-c5ccc(C([2H])(C)C)cc5)ccn4)c3)cccc21. The molecular weight excluding hydrogens is 851 g/mol. The number of para-hydroxylation sites is 1. The molecule has 4 nitrogen and oxygen atoms in total. The van der Waals surface area contributed by atoms with Crippen molar-refractivity contribution in [2.24, 2.45) is 0 Å². The van der Waals surface area contributed by atoms with Crippen molar-refractivity contribution in [1.29, 1.82) is 0 Å². The Morgan fingerprint density at radius 1 is 0.543 bits per heavy atom. The molecule has 0 saturated carbocycles. The van der Waals surface area contributed by atoms with E-state index in [-0.39, 0.29) is 16.7 Å². The monoisotopic (exact) mass is 926 g/mol. The molecule has 0 atom stereocenters. The van der Waals surface area contributed by atoms with Crippen LogP contribution in [-0.2, 0) is 10.8 Å². The van der Waals surface area contributed by atoms with Crippen LogP contribution in [0.2, 0.25) is 0 Å². The summed E-state index contributed by atoms with van der Waals surface area (Å²) in [7, 11) is 0. The van der Waals surface area contributed by atoms with Crippen LogP contribution in [0.1, 0.15) is 142 Å². The van der Waals surface area contributed by atoms with Crippen molar-refractivity contribution < 1.29 is 13.3 Å². The van der Waals surface area contributed by atoms with Gasteiger partial charge in [-0.1, -0.05) is 180 Å². The van der Waals surface area contributed by atoms with Gasteiger partial charge in [-0.05, 0) is 157 Å². The van der Waals surface area contributed by atoms with Gasteiger partial charge in [0.2, 0.25) is 0 Å². The van der Waals surface area contributed by atoms with Crippen molar-refractivity contribution in [3.8, 4) is 78.6 Å². The van der Waals surface area contributed by atoms with Gasteiger partial charge < -0.3 is 5.11 Å². The Kier molecular flexibility index (Phi) is 10.9. The first-order valence-corrected chi connectivity index (χ1v) is 24.4. The van der Waals surface area contributed by atoms with Crippen molar-refractivity contribution in [2.75, 3.05) is 0 Å². The van der Waals surface area contributed by atoms with Gasteiger partial charge in [-0.15, -0.1) is 0 Å². The van der Waals surface area contributed by atoms with Crippen LogP contribution in [0.4, 0.5) is 0 Å². The van der Waals surface area contributed by atoms with Crippen LogP contribution in [0.15, 0.2) is 158 Å². The molecule has 2 aromatic heterocycles. The van der Waals surface area contributed by atoms with Crippen LogP contribution in [0, 0.1) is 6.85 Å². The van der Waals surface area contributed by atoms with Gasteiger partial charge in [0.15, 0.2) is 0 Å². The summed E-state index contributed by atoms with van der Waals surface area (Å²) in [6.07, 6.45) is 1.83. The number of nitrogens with zero attached hydrogens (tertiary/aromatic N) is 3. The smallest absolute Gasteiger partial charge is 0.149 e. The molecule has 2 heterocycles. The van der Waals surface area contributed by atoms with Crippen LogP contribution < -0.4 is 0 Å². The molecule has 4 heteroatoms. The minimum absolute atomic E-state index is 0.0575. The van der Waals surface area contributed by atoms with Crippen molar-refractivity contribution in [1.82, 2.24) is 14.5 Å². The summed E-state index contributed by atoms with van der Waals surface area (Å²) in [6, 6.07) is 50.0. The van der Waals surface area contributed by atoms with Crippen molar-refractivity contribution >= 4 is 11.0 Å². The third kappa shape index (κ3) is 9.25. The zero-order chi connectivity index (χ0) is 55.1. The lowest BCUT2D eigenvalue weighted by Crippen LogP contribution is -2.17. The Morgan fingerprint density at radius 3 is 1.83 bits per heavy atom. The first kappa shape index (κ1) is 40.8. The Hall–Kier alpha value is -7.04. The number of pyridine rings is 1. The number of phenols is 1. The maximum Gasteiger partial charge on any atom is 0.149 e. The number of benzene rings is 7. The topological polar surface area (TPSA) is 50.9 Å². The van der Waals surface area contributed by atoms with Crippen molar-refractivity contribution in [2.45, 2.75) is 118 Å². The summed E-state index contributed by atoms with van der Waals surface area (Å²) in [5.74, 6) is -2.41. The molecule has 0 aliphatic heterocycles. The number of aromatic hydroxyl groups is 1. The number of aromatic nitrogens is 3. The molecule has 354 valence electrons. The van der Waals surface area contributed by atoms with E-state index in [0.29, 0.717) is 50.4 Å². The number of imidazole rings is 1. The third-order valence-electron chi connectivity index (χ3n) is 13.6. The van der Waals surface area contributed by atoms with Crippen LogP contribution >= 0.6 is 0 Å². The van der Waals surface area contributed by atoms with Gasteiger partial charge in [0, 0.05) is 31.1 Å². The standard InChI is InChI=1S/C66H69N3O/c1-40(2)44-25-27-46(28-26-44)47-31-32-67-58(37-47)51-35-49(45-19-15-14-16-20-45)34-50(36-51)55-23-18-24-60-62(55)68-64(56-38-52(65(8,9)10)39-57(63(56)70)66(11,12)13)69(60)59-30-29-48(33-43(59)7)61-53(41(3)4)21-17-22-54(61)42(5)6/h14-42,70H,1-13H3/i7D3,40D,41D,42D. The van der Waals surface area contributed by atoms with E-state index in [1.165, 1.54) is 0 Å². The number of aryl methyl sites for hydroxylation is 1. The minimum Gasteiger partial charge on any atom is -0.507 e. The van der Waals surface area contributed by atoms with Gasteiger partial charge in [-0.25, -0.2) is 4.98 Å². The second-order valence-electron chi connectivity index (χ2n) is 21.5. The fraction of sp³-hybridized carbons (Fsp3) is 0.273. The maximum absolute atomic E-state index is 12.6. The molecule has 9 aromatic rings. The molecule has 0 saturated heterocycles. The molecule has 0 aliphatic carbocycles. The lowest BCUT2D eigenvalue weighted by molar-refractivity contribution is 0.446. The summed E-state index contributed by atoms with van der Waals surface area (Å²) in [6.45, 7) is 21.0. The molecule has 0 radical (unpaired) electrons. The summed E-state index contributed by atoms with van der Waals surface area (Å²) >= 11 is 0. The van der Waals surface area contributed by atoms with Crippen LogP contribution in [0.3, 0.4) is 0 Å². The number of rotatable bonds is 10. The molecule has 7 aromatic carbocycles. The Morgan fingerprint density at radius 2 is 1.19 bits per heavy atom. The van der Waals surface area contributed by atoms with Gasteiger partial charge in [0.1, 0.15) is 11.6 Å². The highest BCUT2D eigenvalue weighted by Gasteiger charge is 2.29. The zero-order valence-corrected chi connectivity index (χ0v) is 42.8. The molecule has 0 bridgehead atoms. The van der Waals surface area contributed by atoms with E-state index in [4.69, 9.17) is 11.3 Å². The van der Waals surface area contributed by atoms with Gasteiger partial charge in [-0.3, -0.25) is 9.55 Å². The number of fused-ring (bicyclic) bond motifs is 1. The molecule has 0 amide bonds. The normalized spacial score (nSPS) is 14.1. The maximum atomic E-state index is 12.6. The van der Waals surface area contributed by atoms with Crippen molar-refractivity contribution in [3.63, 3.8) is 0 Å². The fourth-order valence-corrected chi connectivity index (χ4v) is 9.64. The average Bonchev–Trinajstić information content (AvgIpc) is 3.74. The molecule has 1 N–H and O–H groups in total. The van der Waals surface area contributed by atoms with E-state index < -0.39 is 29.9 Å². The van der Waals surface area contributed by atoms with E-state index in [0.717, 1.165) is 61.3 Å². The molecule has 0 unspecified atom stereocenters.